The minimum absolute atomic E-state index is 0.116. The number of amidine groups is 1. The first kappa shape index (κ1) is 14.3. The molecule has 0 bridgehead atoms. The lowest BCUT2D eigenvalue weighted by Gasteiger charge is -2.33. The molecule has 1 N–H and O–H groups in total. The number of thioether (sulfide) groups is 1. The van der Waals surface area contributed by atoms with Crippen molar-refractivity contribution >= 4 is 22.6 Å². The molecule has 1 aromatic carbocycles. The molecule has 104 valence electrons. The van der Waals surface area contributed by atoms with Crippen molar-refractivity contribution in [2.45, 2.75) is 26.7 Å². The summed E-state index contributed by atoms with van der Waals surface area (Å²) in [5, 5.41) is 3.36. The lowest BCUT2D eigenvalue weighted by molar-refractivity contribution is 0.318. The van der Waals surface area contributed by atoms with Crippen LogP contribution in [0.2, 0.25) is 0 Å². The fourth-order valence-electron chi connectivity index (χ4n) is 2.03. The minimum Gasteiger partial charge on any atom is -0.330 e. The van der Waals surface area contributed by atoms with E-state index in [1.165, 1.54) is 30.0 Å². The van der Waals surface area contributed by atoms with E-state index in [1.807, 2.05) is 0 Å². The number of anilines is 1. The van der Waals surface area contributed by atoms with Crippen molar-refractivity contribution in [3.63, 3.8) is 0 Å². The summed E-state index contributed by atoms with van der Waals surface area (Å²) >= 11 is 1.54. The number of benzene rings is 1. The molecule has 1 aliphatic heterocycles. The first-order valence-corrected chi connectivity index (χ1v) is 7.47. The summed E-state index contributed by atoms with van der Waals surface area (Å²) in [7, 11) is 0. The Kier molecular flexibility index (Phi) is 4.45. The lowest BCUT2D eigenvalue weighted by Crippen LogP contribution is -2.32. The van der Waals surface area contributed by atoms with E-state index in [4.69, 9.17) is 0 Å². The van der Waals surface area contributed by atoms with Gasteiger partial charge < -0.3 is 5.32 Å². The summed E-state index contributed by atoms with van der Waals surface area (Å²) in [4.78, 5) is 4.44. The van der Waals surface area contributed by atoms with Crippen molar-refractivity contribution in [3.05, 3.63) is 29.8 Å². The van der Waals surface area contributed by atoms with Crippen LogP contribution >= 0.6 is 11.8 Å². The molecule has 0 saturated heterocycles. The van der Waals surface area contributed by atoms with Crippen molar-refractivity contribution < 1.29 is 8.78 Å². The molecule has 19 heavy (non-hydrogen) atoms. The topological polar surface area (TPSA) is 24.4 Å². The Hall–Kier alpha value is -1.10. The Labute approximate surface area is 116 Å². The van der Waals surface area contributed by atoms with Crippen LogP contribution in [-0.4, -0.2) is 17.5 Å². The van der Waals surface area contributed by atoms with Crippen molar-refractivity contribution in [2.75, 3.05) is 17.6 Å². The molecule has 0 aliphatic carbocycles. The highest BCUT2D eigenvalue weighted by atomic mass is 32.2. The maximum absolute atomic E-state index is 13.5. The second-order valence-electron chi connectivity index (χ2n) is 4.84. The van der Waals surface area contributed by atoms with E-state index < -0.39 is 11.6 Å². The molecule has 0 fully saturated rings. The Balaban J connectivity index is 2.12. The van der Waals surface area contributed by atoms with Crippen LogP contribution in [-0.2, 0) is 0 Å². The number of nitrogens with zero attached hydrogens (tertiary/aromatic N) is 1. The molecule has 1 aliphatic rings. The van der Waals surface area contributed by atoms with Gasteiger partial charge in [0, 0.05) is 12.3 Å². The van der Waals surface area contributed by atoms with E-state index in [9.17, 15) is 8.78 Å². The van der Waals surface area contributed by atoms with Crippen molar-refractivity contribution in [3.8, 4) is 0 Å². The summed E-state index contributed by atoms with van der Waals surface area (Å²) in [6, 6.07) is 3.83. The third-order valence-electron chi connectivity index (χ3n) is 3.77. The molecular formula is C14H18F2N2S. The second kappa shape index (κ2) is 5.90. The third-order valence-corrected chi connectivity index (χ3v) is 5.03. The van der Waals surface area contributed by atoms with Crippen molar-refractivity contribution in [2.24, 2.45) is 10.4 Å². The zero-order valence-corrected chi connectivity index (χ0v) is 12.0. The number of hydrogen-bond acceptors (Lipinski definition) is 3. The molecule has 1 heterocycles. The zero-order valence-electron chi connectivity index (χ0n) is 11.2. The molecule has 2 rings (SSSR count). The van der Waals surface area contributed by atoms with Gasteiger partial charge in [0.2, 0.25) is 0 Å². The average Bonchev–Trinajstić information content (AvgIpc) is 2.44. The summed E-state index contributed by atoms with van der Waals surface area (Å²) in [5.74, 6) is -0.251. The number of nitrogens with one attached hydrogen (secondary N) is 1. The van der Waals surface area contributed by atoms with Crippen LogP contribution < -0.4 is 5.32 Å². The lowest BCUT2D eigenvalue weighted by atomic mass is 9.84. The molecule has 2 nitrogen and oxygen atoms in total. The van der Waals surface area contributed by atoms with Crippen LogP contribution in [0.1, 0.15) is 26.7 Å². The zero-order chi connectivity index (χ0) is 13.9. The Morgan fingerprint density at radius 2 is 1.89 bits per heavy atom. The highest BCUT2D eigenvalue weighted by molar-refractivity contribution is 8.14. The molecule has 0 radical (unpaired) electrons. The highest BCUT2D eigenvalue weighted by Gasteiger charge is 2.30. The third kappa shape index (κ3) is 3.08. The van der Waals surface area contributed by atoms with E-state index in [0.29, 0.717) is 11.7 Å². The monoisotopic (exact) mass is 284 g/mol. The Morgan fingerprint density at radius 3 is 2.37 bits per heavy atom. The van der Waals surface area contributed by atoms with E-state index in [0.717, 1.165) is 18.6 Å². The van der Waals surface area contributed by atoms with Crippen LogP contribution in [0.3, 0.4) is 0 Å². The molecule has 1 aromatic rings. The Morgan fingerprint density at radius 1 is 1.26 bits per heavy atom. The summed E-state index contributed by atoms with van der Waals surface area (Å²) in [6.45, 7) is 5.04. The quantitative estimate of drug-likeness (QED) is 0.895. The summed E-state index contributed by atoms with van der Waals surface area (Å²) < 4.78 is 27.0. The predicted molar refractivity (Wildman–Crippen MR) is 77.8 cm³/mol. The van der Waals surface area contributed by atoms with Gasteiger partial charge in [-0.15, -0.1) is 0 Å². The SMILES string of the molecule is CCC1(CC)CN=C(Nc2c(F)cccc2F)SC1. The van der Waals surface area contributed by atoms with Gasteiger partial charge in [-0.3, -0.25) is 4.99 Å². The van der Waals surface area contributed by atoms with Gasteiger partial charge in [0.15, 0.2) is 5.17 Å². The van der Waals surface area contributed by atoms with Crippen LogP contribution in [0.25, 0.3) is 0 Å². The summed E-state index contributed by atoms with van der Waals surface area (Å²) in [5.41, 5.74) is 0.109. The van der Waals surface area contributed by atoms with Crippen molar-refractivity contribution in [1.82, 2.24) is 0 Å². The maximum Gasteiger partial charge on any atom is 0.161 e. The van der Waals surface area contributed by atoms with E-state index in [2.05, 4.69) is 24.2 Å². The van der Waals surface area contributed by atoms with E-state index in [1.54, 1.807) is 0 Å². The fourth-order valence-corrected chi connectivity index (χ4v) is 3.30. The van der Waals surface area contributed by atoms with Gasteiger partial charge in [0.05, 0.1) is 0 Å². The van der Waals surface area contributed by atoms with E-state index in [-0.39, 0.29) is 11.1 Å². The van der Waals surface area contributed by atoms with Gasteiger partial charge in [-0.05, 0) is 30.4 Å². The number of halogens is 2. The van der Waals surface area contributed by atoms with Gasteiger partial charge >= 0.3 is 0 Å². The molecule has 5 heteroatoms. The van der Waals surface area contributed by atoms with Crippen LogP contribution in [0.4, 0.5) is 14.5 Å². The number of aliphatic imine (C=N–C) groups is 1. The molecule has 0 saturated carbocycles. The first-order valence-electron chi connectivity index (χ1n) is 6.48. The predicted octanol–water partition coefficient (Wildman–Crippen LogP) is 4.29. The first-order chi connectivity index (χ1) is 9.10. The average molecular weight is 284 g/mol. The highest BCUT2D eigenvalue weighted by Crippen LogP contribution is 2.35. The second-order valence-corrected chi connectivity index (χ2v) is 5.80. The van der Waals surface area contributed by atoms with Crippen LogP contribution in [0, 0.1) is 17.0 Å². The molecule has 0 aromatic heterocycles. The van der Waals surface area contributed by atoms with Crippen LogP contribution in [0.5, 0.6) is 0 Å². The Bertz CT molecular complexity index is 464. The molecule has 0 atom stereocenters. The molecular weight excluding hydrogens is 266 g/mol. The molecule has 0 unspecified atom stereocenters. The van der Waals surface area contributed by atoms with Gasteiger partial charge in [-0.2, -0.15) is 0 Å². The van der Waals surface area contributed by atoms with Gasteiger partial charge in [-0.1, -0.05) is 31.7 Å². The van der Waals surface area contributed by atoms with Gasteiger partial charge in [0.1, 0.15) is 17.3 Å². The van der Waals surface area contributed by atoms with Gasteiger partial charge in [0.25, 0.3) is 0 Å². The largest absolute Gasteiger partial charge is 0.330 e. The van der Waals surface area contributed by atoms with Gasteiger partial charge in [-0.25, -0.2) is 8.78 Å². The fraction of sp³-hybridized carbons (Fsp3) is 0.500. The summed E-state index contributed by atoms with van der Waals surface area (Å²) in [6.07, 6.45) is 2.14. The smallest absolute Gasteiger partial charge is 0.161 e. The number of hydrogen-bond donors (Lipinski definition) is 1. The van der Waals surface area contributed by atoms with E-state index >= 15 is 0 Å². The molecule has 0 spiro atoms. The normalized spacial score (nSPS) is 18.0. The standard InChI is InChI=1S/C14H18F2N2S/c1-3-14(4-2)8-17-13(19-9-14)18-12-10(15)6-5-7-11(12)16/h5-7H,3-4,8-9H2,1-2H3,(H,17,18). The molecule has 0 amide bonds. The maximum atomic E-state index is 13.5. The van der Waals surface area contributed by atoms with Crippen molar-refractivity contribution in [1.29, 1.82) is 0 Å². The minimum atomic E-state index is -0.592. The van der Waals surface area contributed by atoms with Crippen LogP contribution in [0.15, 0.2) is 23.2 Å². The number of rotatable bonds is 3. The number of para-hydroxylation sites is 1.